The van der Waals surface area contributed by atoms with Crippen molar-refractivity contribution in [3.8, 4) is 0 Å². The van der Waals surface area contributed by atoms with Crippen molar-refractivity contribution in [2.45, 2.75) is 52.2 Å². The summed E-state index contributed by atoms with van der Waals surface area (Å²) in [5.74, 6) is 0. The quantitative estimate of drug-likeness (QED) is 0.703. The normalized spacial score (nSPS) is 14.7. The summed E-state index contributed by atoms with van der Waals surface area (Å²) < 4.78 is 7.14. The van der Waals surface area contributed by atoms with Gasteiger partial charge in [0, 0.05) is 16.5 Å². The van der Waals surface area contributed by atoms with E-state index < -0.39 is 0 Å². The van der Waals surface area contributed by atoms with Crippen LogP contribution in [0.4, 0.5) is 0 Å². The summed E-state index contributed by atoms with van der Waals surface area (Å²) in [4.78, 5) is 0. The Kier molecular flexibility index (Phi) is 8.15. The first-order chi connectivity index (χ1) is 8.74. The Balaban J connectivity index is 2.84. The highest BCUT2D eigenvalue weighted by atomic mass is 79.9. The van der Waals surface area contributed by atoms with Crippen LogP contribution in [0.15, 0.2) is 15.2 Å². The summed E-state index contributed by atoms with van der Waals surface area (Å²) in [6, 6.07) is 0.297. The van der Waals surface area contributed by atoms with Crippen molar-refractivity contribution in [3.63, 3.8) is 0 Å². The molecule has 0 aromatic carbocycles. The summed E-state index contributed by atoms with van der Waals surface area (Å²) >= 11 is 5.38. The zero-order valence-corrected chi connectivity index (χ0v) is 13.9. The average Bonchev–Trinajstić information content (AvgIpc) is 2.77. The molecule has 1 heterocycles. The van der Waals surface area contributed by atoms with Crippen LogP contribution >= 0.6 is 27.3 Å². The summed E-state index contributed by atoms with van der Waals surface area (Å²) in [5, 5.41) is 8.00. The maximum Gasteiger partial charge on any atom is 0.0770 e. The van der Waals surface area contributed by atoms with Gasteiger partial charge < -0.3 is 10.1 Å². The van der Waals surface area contributed by atoms with Crippen LogP contribution in [0.5, 0.6) is 0 Å². The molecule has 0 aliphatic rings. The zero-order chi connectivity index (χ0) is 13.4. The number of ether oxygens (including phenoxy) is 1. The summed E-state index contributed by atoms with van der Waals surface area (Å²) in [7, 11) is 0. The molecule has 1 rings (SSSR count). The molecule has 4 heteroatoms. The molecule has 2 nitrogen and oxygen atoms in total. The van der Waals surface area contributed by atoms with Crippen LogP contribution < -0.4 is 5.32 Å². The van der Waals surface area contributed by atoms with Gasteiger partial charge in [0.2, 0.25) is 0 Å². The maximum atomic E-state index is 5.94. The Morgan fingerprint density at radius 3 is 2.56 bits per heavy atom. The van der Waals surface area contributed by atoms with Crippen LogP contribution in [-0.4, -0.2) is 19.3 Å². The smallest absolute Gasteiger partial charge is 0.0770 e. The summed E-state index contributed by atoms with van der Waals surface area (Å²) in [5.41, 5.74) is 1.33. The fourth-order valence-electron chi connectivity index (χ4n) is 2.10. The van der Waals surface area contributed by atoms with Gasteiger partial charge >= 0.3 is 0 Å². The van der Waals surface area contributed by atoms with Crippen molar-refractivity contribution in [3.05, 3.63) is 20.8 Å². The number of rotatable bonds is 9. The van der Waals surface area contributed by atoms with Crippen molar-refractivity contribution in [1.29, 1.82) is 0 Å². The van der Waals surface area contributed by atoms with Crippen molar-refractivity contribution < 1.29 is 4.74 Å². The van der Waals surface area contributed by atoms with Crippen molar-refractivity contribution in [2.75, 3.05) is 13.2 Å². The molecule has 18 heavy (non-hydrogen) atoms. The van der Waals surface area contributed by atoms with E-state index in [0.717, 1.165) is 32.4 Å². The Labute approximate surface area is 123 Å². The molecule has 0 amide bonds. The van der Waals surface area contributed by atoms with Gasteiger partial charge in [0.05, 0.1) is 12.1 Å². The standard InChI is InChI=1S/C14H24BrNOS/c1-4-7-13(17-6-3)14(16-8-5-2)11-9-18-10-12(11)15/h9-10,13-14,16H,4-8H2,1-3H3. The van der Waals surface area contributed by atoms with Crippen LogP contribution in [0.3, 0.4) is 0 Å². The van der Waals surface area contributed by atoms with E-state index >= 15 is 0 Å². The first-order valence-corrected chi connectivity index (χ1v) is 8.54. The van der Waals surface area contributed by atoms with Crippen molar-refractivity contribution in [2.24, 2.45) is 0 Å². The average molecular weight is 334 g/mol. The highest BCUT2D eigenvalue weighted by Gasteiger charge is 2.24. The third-order valence-corrected chi connectivity index (χ3v) is 4.67. The Hall–Kier alpha value is 0.1000. The molecule has 0 spiro atoms. The molecule has 1 aromatic heterocycles. The van der Waals surface area contributed by atoms with Crippen LogP contribution in [0.25, 0.3) is 0 Å². The molecular formula is C14H24BrNOS. The number of hydrogen-bond donors (Lipinski definition) is 1. The summed E-state index contributed by atoms with van der Waals surface area (Å²) in [6.45, 7) is 8.28. The highest BCUT2D eigenvalue weighted by molar-refractivity contribution is 9.10. The van der Waals surface area contributed by atoms with Gasteiger partial charge in [-0.25, -0.2) is 0 Å². The Morgan fingerprint density at radius 2 is 2.06 bits per heavy atom. The van der Waals surface area contributed by atoms with Gasteiger partial charge in [-0.3, -0.25) is 0 Å². The summed E-state index contributed by atoms with van der Waals surface area (Å²) in [6.07, 6.45) is 3.65. The van der Waals surface area contributed by atoms with E-state index in [4.69, 9.17) is 4.74 Å². The van der Waals surface area contributed by atoms with Crippen LogP contribution in [0.1, 0.15) is 51.6 Å². The lowest BCUT2D eigenvalue weighted by Gasteiger charge is -2.28. The minimum atomic E-state index is 0.262. The second-order valence-electron chi connectivity index (χ2n) is 4.39. The fourth-order valence-corrected chi connectivity index (χ4v) is 3.68. The van der Waals surface area contributed by atoms with E-state index in [1.54, 1.807) is 11.3 Å². The zero-order valence-electron chi connectivity index (χ0n) is 11.5. The van der Waals surface area contributed by atoms with Crippen LogP contribution in [0.2, 0.25) is 0 Å². The van der Waals surface area contributed by atoms with Crippen LogP contribution in [0, 0.1) is 0 Å². The number of nitrogens with one attached hydrogen (secondary N) is 1. The lowest BCUT2D eigenvalue weighted by atomic mass is 10.0. The van der Waals surface area contributed by atoms with Gasteiger partial charge in [0.15, 0.2) is 0 Å². The molecule has 0 radical (unpaired) electrons. The molecular weight excluding hydrogens is 310 g/mol. The lowest BCUT2D eigenvalue weighted by molar-refractivity contribution is 0.0275. The Bertz CT molecular complexity index is 323. The minimum absolute atomic E-state index is 0.262. The number of hydrogen-bond acceptors (Lipinski definition) is 3. The number of halogens is 1. The van der Waals surface area contributed by atoms with Gasteiger partial charge in [-0.1, -0.05) is 20.3 Å². The first kappa shape index (κ1) is 16.2. The molecule has 2 atom stereocenters. The van der Waals surface area contributed by atoms with Gasteiger partial charge in [0.25, 0.3) is 0 Å². The molecule has 0 aliphatic heterocycles. The molecule has 2 unspecified atom stereocenters. The molecule has 0 bridgehead atoms. The molecule has 0 saturated carbocycles. The molecule has 104 valence electrons. The second-order valence-corrected chi connectivity index (χ2v) is 5.99. The molecule has 0 saturated heterocycles. The van der Waals surface area contributed by atoms with Gasteiger partial charge in [0.1, 0.15) is 0 Å². The molecule has 1 N–H and O–H groups in total. The maximum absolute atomic E-state index is 5.94. The Morgan fingerprint density at radius 1 is 1.28 bits per heavy atom. The fraction of sp³-hybridized carbons (Fsp3) is 0.714. The third kappa shape index (κ3) is 4.65. The van der Waals surface area contributed by atoms with E-state index in [2.05, 4.69) is 52.8 Å². The minimum Gasteiger partial charge on any atom is -0.377 e. The monoisotopic (exact) mass is 333 g/mol. The molecule has 0 fully saturated rings. The lowest BCUT2D eigenvalue weighted by Crippen LogP contribution is -2.34. The van der Waals surface area contributed by atoms with E-state index in [-0.39, 0.29) is 6.10 Å². The van der Waals surface area contributed by atoms with E-state index in [9.17, 15) is 0 Å². The van der Waals surface area contributed by atoms with Crippen molar-refractivity contribution in [1.82, 2.24) is 5.32 Å². The third-order valence-electron chi connectivity index (χ3n) is 2.92. The largest absolute Gasteiger partial charge is 0.377 e. The van der Waals surface area contributed by atoms with Gasteiger partial charge in [-0.05, 0) is 53.2 Å². The number of thiophene rings is 1. The highest BCUT2D eigenvalue weighted by Crippen LogP contribution is 2.31. The van der Waals surface area contributed by atoms with Gasteiger partial charge in [-0.2, -0.15) is 11.3 Å². The molecule has 1 aromatic rings. The predicted molar refractivity (Wildman–Crippen MR) is 83.4 cm³/mol. The van der Waals surface area contributed by atoms with Crippen LogP contribution in [-0.2, 0) is 4.74 Å². The predicted octanol–water partition coefficient (Wildman–Crippen LogP) is 4.76. The van der Waals surface area contributed by atoms with E-state index in [0.29, 0.717) is 6.04 Å². The van der Waals surface area contributed by atoms with Crippen molar-refractivity contribution >= 4 is 27.3 Å². The molecule has 0 aliphatic carbocycles. The van der Waals surface area contributed by atoms with E-state index in [1.807, 2.05) is 0 Å². The second kappa shape index (κ2) is 9.08. The SMILES string of the molecule is CCCNC(c1cscc1Br)C(CCC)OCC. The van der Waals surface area contributed by atoms with Gasteiger partial charge in [-0.15, -0.1) is 0 Å². The van der Waals surface area contributed by atoms with E-state index in [1.165, 1.54) is 10.0 Å². The first-order valence-electron chi connectivity index (χ1n) is 6.81. The topological polar surface area (TPSA) is 21.3 Å².